The summed E-state index contributed by atoms with van der Waals surface area (Å²) in [5.41, 5.74) is 1.19. The van der Waals surface area contributed by atoms with Crippen molar-refractivity contribution in [1.82, 2.24) is 19.2 Å². The van der Waals surface area contributed by atoms with Crippen LogP contribution >= 0.6 is 0 Å². The van der Waals surface area contributed by atoms with Crippen LogP contribution < -0.4 is 5.56 Å². The van der Waals surface area contributed by atoms with Crippen LogP contribution in [0.5, 0.6) is 0 Å². The zero-order valence-electron chi connectivity index (χ0n) is 12.6. The van der Waals surface area contributed by atoms with Gasteiger partial charge in [0.1, 0.15) is 5.65 Å². The van der Waals surface area contributed by atoms with Crippen molar-refractivity contribution < 1.29 is 14.4 Å². The average Bonchev–Trinajstić information content (AvgIpc) is 2.72. The molecule has 2 aromatic rings. The highest BCUT2D eigenvalue weighted by molar-refractivity contribution is 6.44. The maximum Gasteiger partial charge on any atom is 0.334 e. The van der Waals surface area contributed by atoms with Gasteiger partial charge in [-0.3, -0.25) is 23.7 Å². The normalized spacial score (nSPS) is 15.1. The Morgan fingerprint density at radius 3 is 2.43 bits per heavy atom. The molecule has 0 radical (unpaired) electrons. The van der Waals surface area contributed by atoms with Gasteiger partial charge in [-0.1, -0.05) is 6.07 Å². The number of likely N-dealkylation sites (N-methyl/N-ethyl adjacent to an activating group) is 1. The van der Waals surface area contributed by atoms with E-state index in [1.807, 2.05) is 0 Å². The minimum Gasteiger partial charge on any atom is -0.269 e. The van der Waals surface area contributed by atoms with Gasteiger partial charge in [0.25, 0.3) is 5.56 Å². The van der Waals surface area contributed by atoms with Gasteiger partial charge in [-0.05, 0) is 25.5 Å². The molecule has 3 heterocycles. The van der Waals surface area contributed by atoms with Gasteiger partial charge in [-0.25, -0.2) is 14.7 Å². The summed E-state index contributed by atoms with van der Waals surface area (Å²) in [5, 5.41) is 0. The molecule has 0 spiro atoms. The highest BCUT2D eigenvalue weighted by atomic mass is 16.2. The lowest BCUT2D eigenvalue weighted by molar-refractivity contribution is -0.143. The first-order valence-electron chi connectivity index (χ1n) is 7.09. The van der Waals surface area contributed by atoms with E-state index in [9.17, 15) is 19.2 Å². The molecule has 118 valence electrons. The average molecular weight is 314 g/mol. The maximum absolute atomic E-state index is 12.1. The summed E-state index contributed by atoms with van der Waals surface area (Å²) in [7, 11) is 0. The third kappa shape index (κ3) is 2.28. The van der Waals surface area contributed by atoms with E-state index in [1.165, 1.54) is 10.5 Å². The van der Waals surface area contributed by atoms with E-state index in [2.05, 4.69) is 4.98 Å². The Labute approximate surface area is 130 Å². The highest BCUT2D eigenvalue weighted by Gasteiger charge is 2.43. The minimum absolute atomic E-state index is 0.118. The molecule has 0 unspecified atom stereocenters. The van der Waals surface area contributed by atoms with Crippen molar-refractivity contribution in [3.05, 3.63) is 46.0 Å². The largest absolute Gasteiger partial charge is 0.334 e. The number of fused-ring (bicyclic) bond motifs is 1. The van der Waals surface area contributed by atoms with E-state index in [-0.39, 0.29) is 24.3 Å². The molecule has 4 amide bonds. The topological polar surface area (TPSA) is 92.1 Å². The van der Waals surface area contributed by atoms with Gasteiger partial charge in [0, 0.05) is 18.8 Å². The summed E-state index contributed by atoms with van der Waals surface area (Å²) < 4.78 is 1.38. The van der Waals surface area contributed by atoms with Crippen LogP contribution in [0.15, 0.2) is 29.2 Å². The Balaban J connectivity index is 2.01. The number of aromatic nitrogens is 2. The third-order valence-electron chi connectivity index (χ3n) is 3.71. The van der Waals surface area contributed by atoms with E-state index in [0.29, 0.717) is 5.65 Å². The second-order valence-corrected chi connectivity index (χ2v) is 5.19. The zero-order chi connectivity index (χ0) is 16.7. The van der Waals surface area contributed by atoms with Gasteiger partial charge < -0.3 is 0 Å². The highest BCUT2D eigenvalue weighted by Crippen LogP contribution is 2.15. The molecule has 1 saturated heterocycles. The van der Waals surface area contributed by atoms with Crippen LogP contribution in [-0.4, -0.2) is 43.6 Å². The van der Waals surface area contributed by atoms with Crippen LogP contribution in [0.1, 0.15) is 18.2 Å². The number of carbonyl (C=O) groups is 3. The molecule has 1 aliphatic rings. The van der Waals surface area contributed by atoms with Crippen molar-refractivity contribution >= 4 is 23.5 Å². The fraction of sp³-hybridized carbons (Fsp3) is 0.267. The number of amides is 4. The van der Waals surface area contributed by atoms with Crippen LogP contribution in [0.25, 0.3) is 5.65 Å². The standard InChI is InChI=1S/C15H14N4O4/c1-3-17-13(21)14(22)19(15(17)23)8-10-7-11(20)18-6-4-5-9(2)12(18)16-10/h4-7H,3,8H2,1-2H3. The molecule has 0 saturated carbocycles. The third-order valence-corrected chi connectivity index (χ3v) is 3.71. The molecule has 8 heteroatoms. The fourth-order valence-corrected chi connectivity index (χ4v) is 2.52. The van der Waals surface area contributed by atoms with E-state index in [1.54, 1.807) is 32.2 Å². The van der Waals surface area contributed by atoms with Crippen LogP contribution in [0, 0.1) is 6.92 Å². The van der Waals surface area contributed by atoms with E-state index < -0.39 is 17.8 Å². The number of pyridine rings is 1. The van der Waals surface area contributed by atoms with Gasteiger partial charge >= 0.3 is 17.8 Å². The molecule has 0 aromatic carbocycles. The Hall–Kier alpha value is -3.03. The lowest BCUT2D eigenvalue weighted by atomic mass is 10.3. The summed E-state index contributed by atoms with van der Waals surface area (Å²) >= 11 is 0. The SMILES string of the molecule is CCN1C(=O)C(=O)N(Cc2cc(=O)n3cccc(C)c3n2)C1=O. The molecular formula is C15H14N4O4. The number of nitrogens with zero attached hydrogens (tertiary/aromatic N) is 4. The second kappa shape index (κ2) is 5.31. The molecule has 0 atom stereocenters. The first-order valence-corrected chi connectivity index (χ1v) is 7.09. The Bertz CT molecular complexity index is 902. The van der Waals surface area contributed by atoms with Crippen molar-refractivity contribution in [1.29, 1.82) is 0 Å². The Kier molecular flexibility index (Phi) is 3.44. The van der Waals surface area contributed by atoms with Crippen LogP contribution in [0.2, 0.25) is 0 Å². The summed E-state index contributed by atoms with van der Waals surface area (Å²) in [6.45, 7) is 3.32. The first kappa shape index (κ1) is 14.9. The van der Waals surface area contributed by atoms with Crippen molar-refractivity contribution in [2.24, 2.45) is 0 Å². The Morgan fingerprint density at radius 2 is 1.78 bits per heavy atom. The van der Waals surface area contributed by atoms with Crippen LogP contribution in [-0.2, 0) is 16.1 Å². The molecule has 0 bridgehead atoms. The molecular weight excluding hydrogens is 300 g/mol. The molecule has 8 nitrogen and oxygen atoms in total. The minimum atomic E-state index is -0.899. The predicted molar refractivity (Wildman–Crippen MR) is 79.5 cm³/mol. The molecule has 0 N–H and O–H groups in total. The molecule has 3 rings (SSSR count). The lowest BCUT2D eigenvalue weighted by Crippen LogP contribution is -2.33. The molecule has 1 fully saturated rings. The lowest BCUT2D eigenvalue weighted by Gasteiger charge is -2.14. The van der Waals surface area contributed by atoms with E-state index in [0.717, 1.165) is 15.4 Å². The van der Waals surface area contributed by atoms with Gasteiger partial charge in [0.2, 0.25) is 0 Å². The number of aryl methyl sites for hydroxylation is 1. The number of rotatable bonds is 3. The van der Waals surface area contributed by atoms with Crippen LogP contribution in [0.3, 0.4) is 0 Å². The second-order valence-electron chi connectivity index (χ2n) is 5.19. The number of hydrogen-bond acceptors (Lipinski definition) is 5. The first-order chi connectivity index (χ1) is 10.9. The van der Waals surface area contributed by atoms with E-state index in [4.69, 9.17) is 0 Å². The van der Waals surface area contributed by atoms with Crippen LogP contribution in [0.4, 0.5) is 4.79 Å². The molecule has 0 aliphatic carbocycles. The van der Waals surface area contributed by atoms with Crippen molar-refractivity contribution in [2.75, 3.05) is 6.54 Å². The van der Waals surface area contributed by atoms with Gasteiger partial charge in [0.05, 0.1) is 12.2 Å². The quantitative estimate of drug-likeness (QED) is 0.601. The molecule has 23 heavy (non-hydrogen) atoms. The summed E-state index contributed by atoms with van der Waals surface area (Å²) in [6.07, 6.45) is 1.59. The summed E-state index contributed by atoms with van der Waals surface area (Å²) in [4.78, 5) is 53.8. The number of imide groups is 2. The predicted octanol–water partition coefficient (Wildman–Crippen LogP) is 0.314. The number of urea groups is 1. The van der Waals surface area contributed by atoms with Crippen molar-refractivity contribution in [2.45, 2.75) is 20.4 Å². The smallest absolute Gasteiger partial charge is 0.269 e. The Morgan fingerprint density at radius 1 is 1.09 bits per heavy atom. The summed E-state index contributed by atoms with van der Waals surface area (Å²) in [6, 6.07) is 4.11. The monoisotopic (exact) mass is 314 g/mol. The summed E-state index contributed by atoms with van der Waals surface area (Å²) in [5.74, 6) is -1.75. The van der Waals surface area contributed by atoms with Gasteiger partial charge in [-0.15, -0.1) is 0 Å². The maximum atomic E-state index is 12.1. The van der Waals surface area contributed by atoms with Crippen molar-refractivity contribution in [3.63, 3.8) is 0 Å². The fourth-order valence-electron chi connectivity index (χ4n) is 2.52. The van der Waals surface area contributed by atoms with Crippen molar-refractivity contribution in [3.8, 4) is 0 Å². The molecule has 2 aromatic heterocycles. The number of carbonyl (C=O) groups excluding carboxylic acids is 3. The molecule has 1 aliphatic heterocycles. The van der Waals surface area contributed by atoms with Gasteiger partial charge in [0.15, 0.2) is 0 Å². The number of hydrogen-bond donors (Lipinski definition) is 0. The van der Waals surface area contributed by atoms with Gasteiger partial charge in [-0.2, -0.15) is 0 Å². The van der Waals surface area contributed by atoms with E-state index >= 15 is 0 Å². The zero-order valence-corrected chi connectivity index (χ0v) is 12.6.